The van der Waals surface area contributed by atoms with Crippen LogP contribution in [0.4, 0.5) is 0 Å². The van der Waals surface area contributed by atoms with Crippen molar-refractivity contribution in [2.75, 3.05) is 0 Å². The third-order valence-electron chi connectivity index (χ3n) is 4.46. The molecule has 1 unspecified atom stereocenters. The maximum Gasteiger partial charge on any atom is 0.262 e. The fourth-order valence-corrected chi connectivity index (χ4v) is 3.41. The van der Waals surface area contributed by atoms with E-state index in [1.165, 1.54) is 11.3 Å². The molecule has 25 heavy (non-hydrogen) atoms. The summed E-state index contributed by atoms with van der Waals surface area (Å²) in [5.41, 5.74) is 0.982. The number of hydrogen-bond donors (Lipinski definition) is 2. The van der Waals surface area contributed by atoms with Gasteiger partial charge in [0.1, 0.15) is 5.54 Å². The molecule has 0 aliphatic heterocycles. The Bertz CT molecular complexity index is 767. The van der Waals surface area contributed by atoms with E-state index in [4.69, 9.17) is 0 Å². The Balaban J connectivity index is 1.72. The number of pyridine rings is 1. The first-order valence-corrected chi connectivity index (χ1v) is 9.35. The summed E-state index contributed by atoms with van der Waals surface area (Å²) in [6.45, 7) is 5.46. The van der Waals surface area contributed by atoms with Crippen LogP contribution < -0.4 is 10.6 Å². The zero-order valence-electron chi connectivity index (χ0n) is 14.7. The molecule has 0 aromatic carbocycles. The monoisotopic (exact) mass is 357 g/mol. The highest BCUT2D eigenvalue weighted by atomic mass is 32.1. The van der Waals surface area contributed by atoms with Crippen LogP contribution in [0, 0.1) is 12.8 Å². The molecule has 5 nitrogen and oxygen atoms in total. The van der Waals surface area contributed by atoms with Crippen molar-refractivity contribution in [3.63, 3.8) is 0 Å². The lowest BCUT2D eigenvalue weighted by Crippen LogP contribution is -2.55. The van der Waals surface area contributed by atoms with Gasteiger partial charge in [-0.25, -0.2) is 0 Å². The zero-order chi connectivity index (χ0) is 18.0. The third-order valence-corrected chi connectivity index (χ3v) is 5.33. The maximum absolute atomic E-state index is 12.8. The van der Waals surface area contributed by atoms with Crippen molar-refractivity contribution in [1.82, 2.24) is 15.6 Å². The van der Waals surface area contributed by atoms with Crippen LogP contribution in [-0.2, 0) is 4.79 Å². The SMILES string of the molecule is Cc1cccnc1C(NC(=O)C(C)(C)NC(=O)c1cccs1)C1CC1. The lowest BCUT2D eigenvalue weighted by atomic mass is 9.99. The Hall–Kier alpha value is -2.21. The summed E-state index contributed by atoms with van der Waals surface area (Å²) in [6, 6.07) is 7.37. The number of amides is 2. The van der Waals surface area contributed by atoms with Gasteiger partial charge in [-0.05, 0) is 62.6 Å². The van der Waals surface area contributed by atoms with Gasteiger partial charge in [0.2, 0.25) is 5.91 Å². The van der Waals surface area contributed by atoms with E-state index in [2.05, 4.69) is 15.6 Å². The van der Waals surface area contributed by atoms with Crippen LogP contribution in [0.15, 0.2) is 35.8 Å². The first-order valence-electron chi connectivity index (χ1n) is 8.47. The predicted octanol–water partition coefficient (Wildman–Crippen LogP) is 3.23. The lowest BCUT2D eigenvalue weighted by Gasteiger charge is -2.28. The Kier molecular flexibility index (Phi) is 4.90. The van der Waals surface area contributed by atoms with Gasteiger partial charge in [0, 0.05) is 6.20 Å². The van der Waals surface area contributed by atoms with E-state index >= 15 is 0 Å². The first kappa shape index (κ1) is 17.6. The second-order valence-electron chi connectivity index (χ2n) is 7.05. The minimum absolute atomic E-state index is 0.105. The van der Waals surface area contributed by atoms with Crippen molar-refractivity contribution < 1.29 is 9.59 Å². The highest BCUT2D eigenvalue weighted by Crippen LogP contribution is 2.41. The fourth-order valence-electron chi connectivity index (χ4n) is 2.79. The molecule has 1 atom stereocenters. The average molecular weight is 357 g/mol. The topological polar surface area (TPSA) is 71.1 Å². The molecule has 2 aromatic heterocycles. The number of thiophene rings is 1. The number of carbonyl (C=O) groups is 2. The molecule has 2 aromatic rings. The smallest absolute Gasteiger partial charge is 0.262 e. The molecule has 0 spiro atoms. The lowest BCUT2D eigenvalue weighted by molar-refractivity contribution is -0.127. The van der Waals surface area contributed by atoms with Gasteiger partial charge in [0.15, 0.2) is 0 Å². The van der Waals surface area contributed by atoms with Crippen molar-refractivity contribution in [3.05, 3.63) is 52.0 Å². The summed E-state index contributed by atoms with van der Waals surface area (Å²) in [4.78, 5) is 30.2. The third kappa shape index (κ3) is 4.07. The quantitative estimate of drug-likeness (QED) is 0.834. The molecule has 3 rings (SSSR count). The van der Waals surface area contributed by atoms with E-state index in [9.17, 15) is 9.59 Å². The van der Waals surface area contributed by atoms with Gasteiger partial charge in [-0.2, -0.15) is 0 Å². The van der Waals surface area contributed by atoms with E-state index in [0.717, 1.165) is 24.1 Å². The highest BCUT2D eigenvalue weighted by molar-refractivity contribution is 7.12. The van der Waals surface area contributed by atoms with E-state index in [-0.39, 0.29) is 17.9 Å². The van der Waals surface area contributed by atoms with Gasteiger partial charge in [-0.1, -0.05) is 12.1 Å². The predicted molar refractivity (Wildman–Crippen MR) is 98.4 cm³/mol. The second-order valence-corrected chi connectivity index (χ2v) is 8.00. The van der Waals surface area contributed by atoms with E-state index in [0.29, 0.717) is 10.8 Å². The van der Waals surface area contributed by atoms with Crippen LogP contribution in [0.5, 0.6) is 0 Å². The van der Waals surface area contributed by atoms with Crippen molar-refractivity contribution in [3.8, 4) is 0 Å². The van der Waals surface area contributed by atoms with Crippen LogP contribution in [0.3, 0.4) is 0 Å². The molecule has 0 bridgehead atoms. The van der Waals surface area contributed by atoms with Crippen LogP contribution in [0.1, 0.15) is 53.7 Å². The van der Waals surface area contributed by atoms with E-state index in [1.54, 1.807) is 26.1 Å². The molecule has 0 saturated heterocycles. The van der Waals surface area contributed by atoms with Gasteiger partial charge >= 0.3 is 0 Å². The van der Waals surface area contributed by atoms with Crippen LogP contribution in [-0.4, -0.2) is 22.3 Å². The largest absolute Gasteiger partial charge is 0.345 e. The van der Waals surface area contributed by atoms with Crippen molar-refractivity contribution in [2.45, 2.75) is 45.2 Å². The Morgan fingerprint density at radius 1 is 1.28 bits per heavy atom. The van der Waals surface area contributed by atoms with Crippen molar-refractivity contribution >= 4 is 23.2 Å². The summed E-state index contributed by atoms with van der Waals surface area (Å²) in [6.07, 6.45) is 3.93. The standard InChI is InChI=1S/C19H23N3O2S/c1-12-6-4-10-20-15(12)16(13-8-9-13)21-18(24)19(2,3)22-17(23)14-7-5-11-25-14/h4-7,10-11,13,16H,8-9H2,1-3H3,(H,21,24)(H,22,23). The number of nitrogens with one attached hydrogen (secondary N) is 2. The molecular weight excluding hydrogens is 334 g/mol. The van der Waals surface area contributed by atoms with Gasteiger partial charge < -0.3 is 10.6 Å². The number of aryl methyl sites for hydroxylation is 1. The summed E-state index contributed by atoms with van der Waals surface area (Å²) in [5.74, 6) is -0.00662. The zero-order valence-corrected chi connectivity index (χ0v) is 15.5. The molecule has 2 N–H and O–H groups in total. The van der Waals surface area contributed by atoms with Crippen LogP contribution in [0.2, 0.25) is 0 Å². The minimum atomic E-state index is -1.00. The second kappa shape index (κ2) is 6.96. The first-order chi connectivity index (χ1) is 11.9. The number of rotatable bonds is 6. The summed E-state index contributed by atoms with van der Waals surface area (Å²) < 4.78 is 0. The van der Waals surface area contributed by atoms with Gasteiger partial charge in [0.05, 0.1) is 16.6 Å². The van der Waals surface area contributed by atoms with Crippen molar-refractivity contribution in [1.29, 1.82) is 0 Å². The van der Waals surface area contributed by atoms with E-state index < -0.39 is 5.54 Å². The van der Waals surface area contributed by atoms with Crippen LogP contribution >= 0.6 is 11.3 Å². The Morgan fingerprint density at radius 3 is 2.64 bits per heavy atom. The molecule has 1 aliphatic rings. The van der Waals surface area contributed by atoms with Gasteiger partial charge in [-0.15, -0.1) is 11.3 Å². The van der Waals surface area contributed by atoms with Gasteiger partial charge in [0.25, 0.3) is 5.91 Å². The Morgan fingerprint density at radius 2 is 2.04 bits per heavy atom. The maximum atomic E-state index is 12.8. The molecule has 132 valence electrons. The highest BCUT2D eigenvalue weighted by Gasteiger charge is 2.38. The number of nitrogens with zero attached hydrogens (tertiary/aromatic N) is 1. The molecule has 2 heterocycles. The number of aromatic nitrogens is 1. The minimum Gasteiger partial charge on any atom is -0.345 e. The molecule has 6 heteroatoms. The molecule has 1 fully saturated rings. The van der Waals surface area contributed by atoms with Gasteiger partial charge in [-0.3, -0.25) is 14.6 Å². The molecule has 1 saturated carbocycles. The average Bonchev–Trinajstić information content (AvgIpc) is 3.25. The summed E-state index contributed by atoms with van der Waals surface area (Å²) >= 11 is 1.36. The summed E-state index contributed by atoms with van der Waals surface area (Å²) in [7, 11) is 0. The molecule has 1 aliphatic carbocycles. The normalized spacial score (nSPS) is 15.5. The van der Waals surface area contributed by atoms with E-state index in [1.807, 2.05) is 30.5 Å². The molecule has 2 amide bonds. The van der Waals surface area contributed by atoms with Crippen molar-refractivity contribution in [2.24, 2.45) is 5.92 Å². The summed E-state index contributed by atoms with van der Waals surface area (Å²) in [5, 5.41) is 7.78. The number of hydrogen-bond acceptors (Lipinski definition) is 4. The fraction of sp³-hybridized carbons (Fsp3) is 0.421. The molecular formula is C19H23N3O2S. The molecule has 0 radical (unpaired) electrons. The van der Waals surface area contributed by atoms with Crippen LogP contribution in [0.25, 0.3) is 0 Å². The number of carbonyl (C=O) groups excluding carboxylic acids is 2. The Labute approximate surface area is 151 Å².